The Morgan fingerprint density at radius 2 is 1.52 bits per heavy atom. The van der Waals surface area contributed by atoms with Gasteiger partial charge in [-0.25, -0.2) is 10.3 Å². The van der Waals surface area contributed by atoms with Gasteiger partial charge >= 0.3 is 6.03 Å². The highest BCUT2D eigenvalue weighted by Gasteiger charge is 2.30. The van der Waals surface area contributed by atoms with Gasteiger partial charge in [0.25, 0.3) is 0 Å². The van der Waals surface area contributed by atoms with E-state index in [9.17, 15) is 19.6 Å². The van der Waals surface area contributed by atoms with E-state index in [-0.39, 0.29) is 12.3 Å². The zero-order valence-corrected chi connectivity index (χ0v) is 26.8. The van der Waals surface area contributed by atoms with Gasteiger partial charge in [-0.05, 0) is 47.6 Å². The maximum Gasteiger partial charge on any atom is 0.318 e. The molecular weight excluding hydrogens is 572 g/mol. The number of carbonyl (C=O) groups excluding carboxylic acids is 3. The van der Waals surface area contributed by atoms with Gasteiger partial charge in [0.05, 0.1) is 12.5 Å². The maximum absolute atomic E-state index is 14.0. The van der Waals surface area contributed by atoms with Crippen LogP contribution in [0.1, 0.15) is 52.0 Å². The topological polar surface area (TPSA) is 111 Å². The van der Waals surface area contributed by atoms with Gasteiger partial charge in [0, 0.05) is 30.2 Å². The van der Waals surface area contributed by atoms with E-state index in [1.165, 1.54) is 11.8 Å². The lowest BCUT2D eigenvalue weighted by Gasteiger charge is -2.33. The van der Waals surface area contributed by atoms with Gasteiger partial charge in [-0.3, -0.25) is 14.8 Å². The summed E-state index contributed by atoms with van der Waals surface area (Å²) < 4.78 is 0. The molecule has 4 N–H and O–H groups in total. The fourth-order valence-corrected chi connectivity index (χ4v) is 5.76. The minimum atomic E-state index is -0.808. The fourth-order valence-electron chi connectivity index (χ4n) is 4.73. The van der Waals surface area contributed by atoms with Crippen LogP contribution in [-0.2, 0) is 16.0 Å². The van der Waals surface area contributed by atoms with E-state index in [1.807, 2.05) is 72.8 Å². The first-order chi connectivity index (χ1) is 21.3. The normalized spacial score (nSPS) is 12.3. The molecular formula is C35H46N4O4S. The second-order valence-corrected chi connectivity index (χ2v) is 12.4. The molecule has 1 unspecified atom stereocenters. The van der Waals surface area contributed by atoms with E-state index in [4.69, 9.17) is 0 Å². The second kappa shape index (κ2) is 18.8. The van der Waals surface area contributed by atoms with Crippen LogP contribution in [0.15, 0.2) is 89.8 Å². The summed E-state index contributed by atoms with van der Waals surface area (Å²) in [5.74, 6) is -0.0582. The smallest absolute Gasteiger partial charge is 0.318 e. The van der Waals surface area contributed by atoms with Crippen molar-refractivity contribution in [2.45, 2.75) is 69.9 Å². The largest absolute Gasteiger partial charge is 0.354 e. The Labute approximate surface area is 266 Å². The Morgan fingerprint density at radius 3 is 2.14 bits per heavy atom. The molecule has 0 radical (unpaired) electrons. The third kappa shape index (κ3) is 11.7. The molecule has 3 rings (SSSR count). The minimum Gasteiger partial charge on any atom is -0.354 e. The SMILES string of the molecule is CCCCNC(=O)[C@H](Cc1ccc(-c2ccccc2)cc1)NC(=O)N(CCC(C)C)C(CSc1ccccc1)CC(=O)NO. The summed E-state index contributed by atoms with van der Waals surface area (Å²) in [5, 5.41) is 15.3. The third-order valence-electron chi connectivity index (χ3n) is 7.32. The summed E-state index contributed by atoms with van der Waals surface area (Å²) in [6.45, 7) is 7.14. The van der Waals surface area contributed by atoms with Crippen molar-refractivity contribution in [1.82, 2.24) is 21.0 Å². The Kier molecular flexibility index (Phi) is 14.8. The minimum absolute atomic E-state index is 0.0733. The summed E-state index contributed by atoms with van der Waals surface area (Å²) in [4.78, 5) is 42.4. The average Bonchev–Trinajstić information content (AvgIpc) is 3.04. The van der Waals surface area contributed by atoms with E-state index < -0.39 is 24.0 Å². The number of carbonyl (C=O) groups is 3. The standard InChI is InChI=1S/C35H46N4O4S/c1-4-5-21-36-34(41)32(23-27-16-18-29(19-17-27)28-12-8-6-9-13-28)37-35(42)39(22-20-26(2)3)30(24-33(40)38-43)25-44-31-14-10-7-11-15-31/h6-19,26,30,32,43H,4-5,20-25H2,1-3H3,(H,36,41)(H,37,42)(H,38,40)/t30?,32-/m0/s1. The predicted octanol–water partition coefficient (Wildman–Crippen LogP) is 6.30. The molecule has 2 atom stereocenters. The van der Waals surface area contributed by atoms with Crippen molar-refractivity contribution in [3.05, 3.63) is 90.5 Å². The first kappa shape index (κ1) is 34.7. The molecule has 0 saturated carbocycles. The van der Waals surface area contributed by atoms with Gasteiger partial charge in [-0.15, -0.1) is 11.8 Å². The molecule has 0 heterocycles. The molecule has 8 nitrogen and oxygen atoms in total. The molecule has 0 aliphatic heterocycles. The van der Waals surface area contributed by atoms with Gasteiger partial charge in [0.1, 0.15) is 6.04 Å². The Bertz CT molecular complexity index is 1290. The fraction of sp³-hybridized carbons (Fsp3) is 0.400. The Balaban J connectivity index is 1.84. The molecule has 0 bridgehead atoms. The molecule has 3 aromatic rings. The molecule has 236 valence electrons. The van der Waals surface area contributed by atoms with Crippen molar-refractivity contribution in [1.29, 1.82) is 0 Å². The molecule has 44 heavy (non-hydrogen) atoms. The second-order valence-electron chi connectivity index (χ2n) is 11.3. The number of thioether (sulfide) groups is 1. The molecule has 0 spiro atoms. The molecule has 0 aliphatic carbocycles. The van der Waals surface area contributed by atoms with E-state index in [0.717, 1.165) is 40.8 Å². The lowest BCUT2D eigenvalue weighted by atomic mass is 10.00. The summed E-state index contributed by atoms with van der Waals surface area (Å²) in [6.07, 6.45) is 2.74. The van der Waals surface area contributed by atoms with E-state index >= 15 is 0 Å². The first-order valence-corrected chi connectivity index (χ1v) is 16.4. The highest BCUT2D eigenvalue weighted by molar-refractivity contribution is 7.99. The highest BCUT2D eigenvalue weighted by atomic mass is 32.2. The number of nitrogens with one attached hydrogen (secondary N) is 3. The molecule has 9 heteroatoms. The maximum atomic E-state index is 14.0. The molecule has 0 fully saturated rings. The Morgan fingerprint density at radius 1 is 0.886 bits per heavy atom. The number of amides is 4. The number of hydroxylamine groups is 1. The summed E-state index contributed by atoms with van der Waals surface area (Å²) in [7, 11) is 0. The molecule has 4 amide bonds. The van der Waals surface area contributed by atoms with Crippen LogP contribution >= 0.6 is 11.8 Å². The van der Waals surface area contributed by atoms with Crippen molar-refractivity contribution in [3.8, 4) is 11.1 Å². The van der Waals surface area contributed by atoms with Crippen LogP contribution in [0.5, 0.6) is 0 Å². The van der Waals surface area contributed by atoms with Gasteiger partial charge in [0.15, 0.2) is 0 Å². The monoisotopic (exact) mass is 618 g/mol. The third-order valence-corrected chi connectivity index (χ3v) is 8.48. The van der Waals surface area contributed by atoms with Crippen LogP contribution in [0.25, 0.3) is 11.1 Å². The molecule has 0 aliphatic rings. The number of benzene rings is 3. The lowest BCUT2D eigenvalue weighted by Crippen LogP contribution is -2.55. The number of hydrogen-bond acceptors (Lipinski definition) is 5. The number of nitrogens with zero attached hydrogens (tertiary/aromatic N) is 1. The van der Waals surface area contributed by atoms with Crippen LogP contribution in [-0.4, -0.2) is 58.9 Å². The van der Waals surface area contributed by atoms with E-state index in [0.29, 0.717) is 31.2 Å². The summed E-state index contributed by atoms with van der Waals surface area (Å²) in [5.41, 5.74) is 4.82. The van der Waals surface area contributed by atoms with Crippen molar-refractivity contribution in [3.63, 3.8) is 0 Å². The van der Waals surface area contributed by atoms with Gasteiger partial charge in [-0.2, -0.15) is 0 Å². The van der Waals surface area contributed by atoms with Crippen molar-refractivity contribution in [2.24, 2.45) is 5.92 Å². The summed E-state index contributed by atoms with van der Waals surface area (Å²) >= 11 is 1.54. The van der Waals surface area contributed by atoms with E-state index in [1.54, 1.807) is 10.4 Å². The predicted molar refractivity (Wildman–Crippen MR) is 177 cm³/mol. The zero-order valence-electron chi connectivity index (χ0n) is 26.0. The summed E-state index contributed by atoms with van der Waals surface area (Å²) in [6, 6.07) is 26.1. The Hall–Kier alpha value is -3.82. The molecule has 3 aromatic carbocycles. The van der Waals surface area contributed by atoms with Gasteiger partial charge in [-0.1, -0.05) is 100.0 Å². The quantitative estimate of drug-likeness (QED) is 0.0615. The molecule has 0 saturated heterocycles. The van der Waals surface area contributed by atoms with Crippen LogP contribution in [0.4, 0.5) is 4.79 Å². The van der Waals surface area contributed by atoms with E-state index in [2.05, 4.69) is 43.5 Å². The molecule has 0 aromatic heterocycles. The van der Waals surface area contributed by atoms with Crippen LogP contribution in [0.3, 0.4) is 0 Å². The van der Waals surface area contributed by atoms with Gasteiger partial charge < -0.3 is 15.5 Å². The number of hydrogen-bond donors (Lipinski definition) is 4. The number of unbranched alkanes of at least 4 members (excludes halogenated alkanes) is 1. The highest BCUT2D eigenvalue weighted by Crippen LogP contribution is 2.23. The lowest BCUT2D eigenvalue weighted by molar-refractivity contribution is -0.130. The van der Waals surface area contributed by atoms with Crippen molar-refractivity contribution < 1.29 is 19.6 Å². The number of rotatable bonds is 17. The zero-order chi connectivity index (χ0) is 31.7. The van der Waals surface area contributed by atoms with Crippen LogP contribution < -0.4 is 16.1 Å². The van der Waals surface area contributed by atoms with Crippen LogP contribution in [0.2, 0.25) is 0 Å². The average molecular weight is 619 g/mol. The van der Waals surface area contributed by atoms with Crippen LogP contribution in [0, 0.1) is 5.92 Å². The van der Waals surface area contributed by atoms with Gasteiger partial charge in [0.2, 0.25) is 11.8 Å². The van der Waals surface area contributed by atoms with Crippen molar-refractivity contribution >= 4 is 29.6 Å². The first-order valence-electron chi connectivity index (χ1n) is 15.4. The van der Waals surface area contributed by atoms with Crippen molar-refractivity contribution in [2.75, 3.05) is 18.8 Å². The number of urea groups is 1.